The molecule has 1 aliphatic carbocycles. The minimum Gasteiger partial charge on any atom is -0.311 e. The number of halogens is 1. The first-order chi connectivity index (χ1) is 6.34. The van der Waals surface area contributed by atoms with E-state index in [0.29, 0.717) is 5.41 Å². The van der Waals surface area contributed by atoms with E-state index in [2.05, 4.69) is 59.0 Å². The molecular weight excluding hydrogens is 287 g/mol. The average Bonchev–Trinajstić information content (AvgIpc) is 2.68. The van der Waals surface area contributed by atoms with Crippen LogP contribution in [0, 0.1) is 5.41 Å². The van der Waals surface area contributed by atoms with Gasteiger partial charge in [-0.05, 0) is 40.5 Å². The quantitative estimate of drug-likeness (QED) is 0.623. The minimum absolute atomic E-state index is 0.268. The van der Waals surface area contributed by atoms with E-state index in [0.717, 1.165) is 12.1 Å². The SMILES string of the molecule is C[C@@H]1C[C@@]2(CNC(C)(C)C)C[C@H]2N1I. The Hall–Kier alpha value is 0.650. The normalized spacial score (nSPS) is 42.6. The molecule has 1 heterocycles. The highest BCUT2D eigenvalue weighted by atomic mass is 127. The fourth-order valence-electron chi connectivity index (χ4n) is 2.58. The standard InChI is InChI=1S/C11H21IN2/c1-8-5-11(6-9(11)14(8)12)7-13-10(2,3)4/h8-9,13H,5-7H2,1-4H3/t8-,9-,11+/m1/s1. The maximum atomic E-state index is 3.66. The van der Waals surface area contributed by atoms with Crippen molar-refractivity contribution >= 4 is 22.9 Å². The summed E-state index contributed by atoms with van der Waals surface area (Å²) in [6.45, 7) is 10.3. The van der Waals surface area contributed by atoms with E-state index in [1.54, 1.807) is 0 Å². The Kier molecular flexibility index (Phi) is 2.64. The first kappa shape index (κ1) is 11.1. The smallest absolute Gasteiger partial charge is 0.0273 e. The van der Waals surface area contributed by atoms with E-state index in [1.165, 1.54) is 19.4 Å². The molecule has 14 heavy (non-hydrogen) atoms. The number of piperidine rings is 1. The van der Waals surface area contributed by atoms with Gasteiger partial charge in [-0.15, -0.1) is 0 Å². The lowest BCUT2D eigenvalue weighted by Gasteiger charge is -2.24. The van der Waals surface area contributed by atoms with E-state index < -0.39 is 0 Å². The number of hydrogen-bond acceptors (Lipinski definition) is 2. The van der Waals surface area contributed by atoms with Crippen LogP contribution in [0.1, 0.15) is 40.5 Å². The molecule has 2 fully saturated rings. The highest BCUT2D eigenvalue weighted by molar-refractivity contribution is 14.1. The largest absolute Gasteiger partial charge is 0.311 e. The Balaban J connectivity index is 1.89. The van der Waals surface area contributed by atoms with Crippen LogP contribution in [0.2, 0.25) is 0 Å². The molecule has 0 amide bonds. The summed E-state index contributed by atoms with van der Waals surface area (Å²) in [5.41, 5.74) is 0.887. The van der Waals surface area contributed by atoms with E-state index >= 15 is 0 Å². The molecule has 1 N–H and O–H groups in total. The van der Waals surface area contributed by atoms with Gasteiger partial charge in [-0.25, -0.2) is 3.11 Å². The highest BCUT2D eigenvalue weighted by Gasteiger charge is 2.62. The van der Waals surface area contributed by atoms with Gasteiger partial charge in [0.2, 0.25) is 0 Å². The van der Waals surface area contributed by atoms with Gasteiger partial charge in [-0.2, -0.15) is 0 Å². The summed E-state index contributed by atoms with van der Waals surface area (Å²) in [6.07, 6.45) is 2.78. The number of fused-ring (bicyclic) bond motifs is 1. The van der Waals surface area contributed by atoms with Crippen molar-refractivity contribution in [1.29, 1.82) is 0 Å². The van der Waals surface area contributed by atoms with Crippen LogP contribution in [0.15, 0.2) is 0 Å². The molecule has 82 valence electrons. The predicted molar refractivity (Wildman–Crippen MR) is 68.5 cm³/mol. The maximum Gasteiger partial charge on any atom is 0.0273 e. The first-order valence-electron chi connectivity index (χ1n) is 5.53. The zero-order chi connectivity index (χ0) is 10.6. The van der Waals surface area contributed by atoms with Crippen molar-refractivity contribution < 1.29 is 0 Å². The van der Waals surface area contributed by atoms with E-state index in [1.807, 2.05) is 0 Å². The zero-order valence-corrected chi connectivity index (χ0v) is 11.8. The van der Waals surface area contributed by atoms with Crippen LogP contribution in [-0.4, -0.2) is 27.3 Å². The van der Waals surface area contributed by atoms with Gasteiger partial charge in [0.1, 0.15) is 0 Å². The Labute approximate surface area is 101 Å². The fraction of sp³-hybridized carbons (Fsp3) is 1.00. The highest BCUT2D eigenvalue weighted by Crippen LogP contribution is 2.60. The summed E-state index contributed by atoms with van der Waals surface area (Å²) in [5, 5.41) is 3.66. The summed E-state index contributed by atoms with van der Waals surface area (Å²) in [4.78, 5) is 0. The summed E-state index contributed by atoms with van der Waals surface area (Å²) in [6, 6.07) is 1.63. The van der Waals surface area contributed by atoms with Gasteiger partial charge >= 0.3 is 0 Å². The molecule has 2 rings (SSSR count). The summed E-state index contributed by atoms with van der Waals surface area (Å²) >= 11 is 2.50. The molecule has 0 unspecified atom stereocenters. The average molecular weight is 308 g/mol. The molecule has 3 atom stereocenters. The number of nitrogens with one attached hydrogen (secondary N) is 1. The van der Waals surface area contributed by atoms with Crippen LogP contribution in [0.5, 0.6) is 0 Å². The van der Waals surface area contributed by atoms with Crippen molar-refractivity contribution in [2.75, 3.05) is 6.54 Å². The summed E-state index contributed by atoms with van der Waals surface area (Å²) < 4.78 is 2.53. The van der Waals surface area contributed by atoms with Crippen LogP contribution >= 0.6 is 22.9 Å². The van der Waals surface area contributed by atoms with Crippen LogP contribution in [0.4, 0.5) is 0 Å². The van der Waals surface area contributed by atoms with Gasteiger partial charge in [-0.1, -0.05) is 0 Å². The predicted octanol–water partition coefficient (Wildman–Crippen LogP) is 2.58. The number of hydrogen-bond donors (Lipinski definition) is 1. The fourth-order valence-corrected chi connectivity index (χ4v) is 3.57. The number of nitrogens with zero attached hydrogens (tertiary/aromatic N) is 1. The monoisotopic (exact) mass is 308 g/mol. The van der Waals surface area contributed by atoms with Gasteiger partial charge in [0.15, 0.2) is 0 Å². The molecule has 2 aliphatic rings. The molecule has 2 nitrogen and oxygen atoms in total. The second-order valence-corrected chi connectivity index (χ2v) is 7.20. The lowest BCUT2D eigenvalue weighted by atomic mass is 9.98. The zero-order valence-electron chi connectivity index (χ0n) is 9.60. The molecule has 0 aromatic rings. The van der Waals surface area contributed by atoms with Crippen LogP contribution < -0.4 is 5.32 Å². The number of rotatable bonds is 2. The van der Waals surface area contributed by atoms with Gasteiger partial charge in [-0.3, -0.25) is 0 Å². The van der Waals surface area contributed by atoms with Crippen molar-refractivity contribution in [3.63, 3.8) is 0 Å². The Morgan fingerprint density at radius 3 is 2.50 bits per heavy atom. The van der Waals surface area contributed by atoms with E-state index in [-0.39, 0.29) is 5.54 Å². The van der Waals surface area contributed by atoms with Crippen molar-refractivity contribution in [2.45, 2.75) is 58.2 Å². The van der Waals surface area contributed by atoms with E-state index in [4.69, 9.17) is 0 Å². The molecule has 1 saturated heterocycles. The van der Waals surface area contributed by atoms with Gasteiger partial charge in [0, 0.05) is 52.4 Å². The third-order valence-corrected chi connectivity index (χ3v) is 5.16. The lowest BCUT2D eigenvalue weighted by Crippen LogP contribution is -2.40. The molecule has 1 aliphatic heterocycles. The van der Waals surface area contributed by atoms with Gasteiger partial charge in [0.05, 0.1) is 0 Å². The van der Waals surface area contributed by atoms with Crippen molar-refractivity contribution in [2.24, 2.45) is 5.41 Å². The molecule has 3 heteroatoms. The second kappa shape index (κ2) is 3.32. The van der Waals surface area contributed by atoms with Crippen molar-refractivity contribution in [3.05, 3.63) is 0 Å². The lowest BCUT2D eigenvalue weighted by molar-refractivity contribution is 0.350. The van der Waals surface area contributed by atoms with Crippen LogP contribution in [0.3, 0.4) is 0 Å². The van der Waals surface area contributed by atoms with Crippen LogP contribution in [0.25, 0.3) is 0 Å². The Morgan fingerprint density at radius 1 is 1.43 bits per heavy atom. The van der Waals surface area contributed by atoms with Crippen molar-refractivity contribution in [3.8, 4) is 0 Å². The Morgan fingerprint density at radius 2 is 2.07 bits per heavy atom. The van der Waals surface area contributed by atoms with Gasteiger partial charge in [0.25, 0.3) is 0 Å². The molecular formula is C11H21IN2. The third kappa shape index (κ3) is 1.95. The molecule has 0 radical (unpaired) electrons. The summed E-state index contributed by atoms with van der Waals surface area (Å²) in [7, 11) is 0. The summed E-state index contributed by atoms with van der Waals surface area (Å²) in [5.74, 6) is 0. The molecule has 0 bridgehead atoms. The van der Waals surface area contributed by atoms with Gasteiger partial charge < -0.3 is 5.32 Å². The maximum absolute atomic E-state index is 3.66. The van der Waals surface area contributed by atoms with Crippen molar-refractivity contribution in [1.82, 2.24) is 8.43 Å². The molecule has 0 spiro atoms. The molecule has 0 aromatic heterocycles. The molecule has 1 saturated carbocycles. The van der Waals surface area contributed by atoms with E-state index in [9.17, 15) is 0 Å². The first-order valence-corrected chi connectivity index (χ1v) is 6.50. The minimum atomic E-state index is 0.268. The second-order valence-electron chi connectivity index (χ2n) is 6.08. The topological polar surface area (TPSA) is 15.3 Å². The molecule has 0 aromatic carbocycles. The van der Waals surface area contributed by atoms with Crippen LogP contribution in [-0.2, 0) is 0 Å². The third-order valence-electron chi connectivity index (χ3n) is 3.54. The Bertz CT molecular complexity index is 236.